The zero-order valence-corrected chi connectivity index (χ0v) is 17.6. The Hall–Kier alpha value is -1.69. The number of nitrogens with two attached hydrogens (primary N) is 1. The number of aliphatic hydroxyl groups is 1. The molecule has 168 valence electrons. The van der Waals surface area contributed by atoms with Crippen molar-refractivity contribution in [2.24, 2.45) is 11.1 Å². The van der Waals surface area contributed by atoms with Gasteiger partial charge in [0.15, 0.2) is 5.60 Å². The number of piperazine rings is 1. The number of sulfonamides is 1. The second-order valence-corrected chi connectivity index (χ2v) is 10.3. The highest BCUT2D eigenvalue weighted by molar-refractivity contribution is 7.89. The number of amides is 1. The second-order valence-electron chi connectivity index (χ2n) is 8.44. The number of alkyl halides is 3. The highest BCUT2D eigenvalue weighted by atomic mass is 32.2. The van der Waals surface area contributed by atoms with Crippen molar-refractivity contribution in [2.45, 2.75) is 49.4 Å². The highest BCUT2D eigenvalue weighted by Gasteiger charge is 2.52. The van der Waals surface area contributed by atoms with Crippen molar-refractivity contribution in [3.05, 3.63) is 29.8 Å². The number of benzene rings is 1. The molecular formula is C19H26F3N3O4S. The lowest BCUT2D eigenvalue weighted by molar-refractivity contribution is -0.258. The molecule has 2 atom stereocenters. The van der Waals surface area contributed by atoms with E-state index in [2.05, 4.69) is 0 Å². The van der Waals surface area contributed by atoms with Gasteiger partial charge in [0, 0.05) is 32.2 Å². The minimum absolute atomic E-state index is 0.139. The smallest absolute Gasteiger partial charge is 0.376 e. The average Bonchev–Trinajstić information content (AvgIpc) is 3.41. The normalized spacial score (nSPS) is 24.9. The molecule has 0 bridgehead atoms. The van der Waals surface area contributed by atoms with Crippen LogP contribution in [-0.4, -0.2) is 67.0 Å². The van der Waals surface area contributed by atoms with Crippen molar-refractivity contribution in [3.8, 4) is 0 Å². The Kier molecular flexibility index (Phi) is 5.72. The zero-order valence-electron chi connectivity index (χ0n) is 16.8. The first kappa shape index (κ1) is 23.0. The number of nitrogens with zero attached hydrogens (tertiary/aromatic N) is 2. The van der Waals surface area contributed by atoms with Crippen LogP contribution in [0.4, 0.5) is 13.2 Å². The molecule has 11 heteroatoms. The Morgan fingerprint density at radius 1 is 1.23 bits per heavy atom. The van der Waals surface area contributed by atoms with E-state index in [9.17, 15) is 31.5 Å². The van der Waals surface area contributed by atoms with Crippen LogP contribution in [0.3, 0.4) is 0 Å². The molecule has 30 heavy (non-hydrogen) atoms. The summed E-state index contributed by atoms with van der Waals surface area (Å²) >= 11 is 0. The summed E-state index contributed by atoms with van der Waals surface area (Å²) in [7, 11) is -3.92. The van der Waals surface area contributed by atoms with E-state index in [4.69, 9.17) is 5.73 Å². The first-order valence-corrected chi connectivity index (χ1v) is 11.1. The van der Waals surface area contributed by atoms with Gasteiger partial charge in [0.05, 0.1) is 10.3 Å². The maximum Gasteiger partial charge on any atom is 0.421 e. The summed E-state index contributed by atoms with van der Waals surface area (Å²) < 4.78 is 66.3. The summed E-state index contributed by atoms with van der Waals surface area (Å²) in [5.41, 5.74) is 1.45. The van der Waals surface area contributed by atoms with Crippen molar-refractivity contribution in [2.75, 3.05) is 26.2 Å². The Bertz CT molecular complexity index is 912. The fourth-order valence-electron chi connectivity index (χ4n) is 3.83. The van der Waals surface area contributed by atoms with Gasteiger partial charge >= 0.3 is 6.18 Å². The Morgan fingerprint density at radius 3 is 2.23 bits per heavy atom. The molecule has 1 unspecified atom stereocenters. The molecule has 2 fully saturated rings. The zero-order chi connectivity index (χ0) is 22.5. The molecule has 0 spiro atoms. The van der Waals surface area contributed by atoms with Gasteiger partial charge in [-0.25, -0.2) is 8.42 Å². The van der Waals surface area contributed by atoms with Crippen LogP contribution in [-0.2, 0) is 20.4 Å². The summed E-state index contributed by atoms with van der Waals surface area (Å²) in [5, 5.41) is 9.75. The van der Waals surface area contributed by atoms with Gasteiger partial charge in [0.2, 0.25) is 15.9 Å². The molecule has 1 aliphatic heterocycles. The first-order chi connectivity index (χ1) is 13.7. The molecular weight excluding hydrogens is 423 g/mol. The molecule has 3 N–H and O–H groups in total. The molecule has 1 heterocycles. The quantitative estimate of drug-likeness (QED) is 0.684. The van der Waals surface area contributed by atoms with Gasteiger partial charge in [-0.15, -0.1) is 0 Å². The third-order valence-corrected chi connectivity index (χ3v) is 8.16. The molecule has 2 aliphatic rings. The van der Waals surface area contributed by atoms with Gasteiger partial charge in [-0.2, -0.15) is 17.5 Å². The first-order valence-electron chi connectivity index (χ1n) is 9.64. The fourth-order valence-corrected chi connectivity index (χ4v) is 5.44. The van der Waals surface area contributed by atoms with Crippen LogP contribution < -0.4 is 5.73 Å². The molecule has 1 aliphatic carbocycles. The molecule has 1 amide bonds. The van der Waals surface area contributed by atoms with E-state index in [0.29, 0.717) is 26.6 Å². The van der Waals surface area contributed by atoms with Gasteiger partial charge in [0.25, 0.3) is 0 Å². The standard InChI is InChI=1S/C19H26F3N3O4S/c1-13-11-24(12-18(7-8-18)16(23)26)9-10-25(13)30(28,29)15-5-3-14(4-6-15)17(2,27)19(20,21)22/h3-6,13,27H,7-12H2,1-2H3,(H2,23,26)/t13?,17-/m0/s1. The van der Waals surface area contributed by atoms with Gasteiger partial charge in [-0.05, 0) is 44.4 Å². The highest BCUT2D eigenvalue weighted by Crippen LogP contribution is 2.46. The number of primary amides is 1. The predicted octanol–water partition coefficient (Wildman–Crippen LogP) is 1.42. The molecule has 1 aromatic rings. The summed E-state index contributed by atoms with van der Waals surface area (Å²) in [6.45, 7) is 3.92. The Balaban J connectivity index is 1.72. The molecule has 0 aromatic heterocycles. The monoisotopic (exact) mass is 449 g/mol. The Labute approximate surface area is 173 Å². The third kappa shape index (κ3) is 4.08. The van der Waals surface area contributed by atoms with Crippen LogP contribution in [0.2, 0.25) is 0 Å². The largest absolute Gasteiger partial charge is 0.421 e. The van der Waals surface area contributed by atoms with E-state index in [1.165, 1.54) is 4.31 Å². The fraction of sp³-hybridized carbons (Fsp3) is 0.632. The second kappa shape index (κ2) is 7.47. The van der Waals surface area contributed by atoms with Crippen LogP contribution in [0.15, 0.2) is 29.2 Å². The molecule has 1 aromatic carbocycles. The lowest BCUT2D eigenvalue weighted by Crippen LogP contribution is -2.55. The van der Waals surface area contributed by atoms with Gasteiger partial charge in [-0.1, -0.05) is 12.1 Å². The topological polar surface area (TPSA) is 104 Å². The SMILES string of the molecule is CC1CN(CC2(C(N)=O)CC2)CCN1S(=O)(=O)c1ccc([C@](C)(O)C(F)(F)F)cc1. The Morgan fingerprint density at radius 2 is 1.80 bits per heavy atom. The molecule has 3 rings (SSSR count). The maximum atomic E-state index is 13.0. The van der Waals surface area contributed by atoms with E-state index in [0.717, 1.165) is 37.1 Å². The molecule has 1 saturated heterocycles. The van der Waals surface area contributed by atoms with Crippen molar-refractivity contribution >= 4 is 15.9 Å². The van der Waals surface area contributed by atoms with E-state index in [1.54, 1.807) is 6.92 Å². The number of halogens is 3. The van der Waals surface area contributed by atoms with Crippen LogP contribution in [0.25, 0.3) is 0 Å². The average molecular weight is 449 g/mol. The molecule has 7 nitrogen and oxygen atoms in total. The molecule has 0 radical (unpaired) electrons. The minimum atomic E-state index is -4.89. The van der Waals surface area contributed by atoms with Crippen molar-refractivity contribution in [1.82, 2.24) is 9.21 Å². The van der Waals surface area contributed by atoms with E-state index < -0.39 is 32.8 Å². The predicted molar refractivity (Wildman–Crippen MR) is 103 cm³/mol. The van der Waals surface area contributed by atoms with E-state index >= 15 is 0 Å². The van der Waals surface area contributed by atoms with Crippen LogP contribution in [0.1, 0.15) is 32.3 Å². The maximum absolute atomic E-state index is 13.0. The van der Waals surface area contributed by atoms with Crippen molar-refractivity contribution in [3.63, 3.8) is 0 Å². The number of carbonyl (C=O) groups excluding carboxylic acids is 1. The summed E-state index contributed by atoms with van der Waals surface area (Å²) in [5.74, 6) is -0.333. The number of hydrogen-bond acceptors (Lipinski definition) is 5. The minimum Gasteiger partial charge on any atom is -0.376 e. The van der Waals surface area contributed by atoms with Crippen molar-refractivity contribution in [1.29, 1.82) is 0 Å². The summed E-state index contributed by atoms with van der Waals surface area (Å²) in [6, 6.07) is 3.73. The van der Waals surface area contributed by atoms with Crippen LogP contribution in [0.5, 0.6) is 0 Å². The van der Waals surface area contributed by atoms with E-state index in [1.807, 2.05) is 4.90 Å². The number of carbonyl (C=O) groups is 1. The van der Waals surface area contributed by atoms with Crippen LogP contribution >= 0.6 is 0 Å². The third-order valence-electron chi connectivity index (χ3n) is 6.13. The van der Waals surface area contributed by atoms with Gasteiger partial charge in [0.1, 0.15) is 0 Å². The van der Waals surface area contributed by atoms with Gasteiger partial charge < -0.3 is 10.8 Å². The van der Waals surface area contributed by atoms with Gasteiger partial charge in [-0.3, -0.25) is 9.69 Å². The lowest BCUT2D eigenvalue weighted by Gasteiger charge is -2.40. The number of rotatable bonds is 6. The number of hydrogen-bond donors (Lipinski definition) is 2. The summed E-state index contributed by atoms with van der Waals surface area (Å²) in [4.78, 5) is 13.5. The van der Waals surface area contributed by atoms with E-state index in [-0.39, 0.29) is 23.4 Å². The molecule has 1 saturated carbocycles. The van der Waals surface area contributed by atoms with Crippen LogP contribution in [0, 0.1) is 5.41 Å². The van der Waals surface area contributed by atoms with Crippen molar-refractivity contribution < 1.29 is 31.5 Å². The lowest BCUT2D eigenvalue weighted by atomic mass is 9.96. The summed E-state index contributed by atoms with van der Waals surface area (Å²) in [6.07, 6.45) is -3.41.